The van der Waals surface area contributed by atoms with Crippen LogP contribution in [0.1, 0.15) is 51.2 Å². The van der Waals surface area contributed by atoms with Crippen molar-refractivity contribution in [3.63, 3.8) is 0 Å². The fourth-order valence-electron chi connectivity index (χ4n) is 1.05. The molecule has 78 valence electrons. The second-order valence-corrected chi connectivity index (χ2v) is 3.48. The van der Waals surface area contributed by atoms with Gasteiger partial charge in [0.15, 0.2) is 5.82 Å². The molecule has 0 bridgehead atoms. The van der Waals surface area contributed by atoms with Crippen LogP contribution in [0.3, 0.4) is 0 Å². The molecule has 0 saturated carbocycles. The largest absolute Gasteiger partial charge is 0.339 e. The number of hydrogen-bond acceptors (Lipinski definition) is 4. The van der Waals surface area contributed by atoms with E-state index in [0.717, 1.165) is 19.3 Å². The molecule has 1 aromatic rings. The molecule has 0 saturated heterocycles. The first-order chi connectivity index (χ1) is 6.65. The first-order valence-electron chi connectivity index (χ1n) is 4.98. The molecule has 0 spiro atoms. The molecule has 1 unspecified atom stereocenters. The maximum absolute atomic E-state index is 11.0. The molecule has 0 radical (unpaired) electrons. The molecule has 4 heteroatoms. The van der Waals surface area contributed by atoms with Gasteiger partial charge >= 0.3 is 0 Å². The van der Waals surface area contributed by atoms with E-state index in [1.54, 1.807) is 6.92 Å². The summed E-state index contributed by atoms with van der Waals surface area (Å²) in [5.41, 5.74) is 0. The third-order valence-corrected chi connectivity index (χ3v) is 2.22. The van der Waals surface area contributed by atoms with Gasteiger partial charge in [-0.1, -0.05) is 18.5 Å². The number of hydrogen-bond donors (Lipinski definition) is 0. The van der Waals surface area contributed by atoms with Crippen molar-refractivity contribution in [2.75, 3.05) is 0 Å². The van der Waals surface area contributed by atoms with Gasteiger partial charge in [0.1, 0.15) is 5.78 Å². The Morgan fingerprint density at radius 3 is 2.86 bits per heavy atom. The summed E-state index contributed by atoms with van der Waals surface area (Å²) in [6.45, 7) is 5.42. The maximum Gasteiger partial charge on any atom is 0.236 e. The molecule has 0 aliphatic rings. The molecule has 1 heterocycles. The maximum atomic E-state index is 11.0. The van der Waals surface area contributed by atoms with Crippen LogP contribution in [0.25, 0.3) is 0 Å². The Morgan fingerprint density at radius 2 is 2.29 bits per heavy atom. The normalized spacial score (nSPS) is 12.8. The first kappa shape index (κ1) is 10.9. The van der Waals surface area contributed by atoms with Crippen molar-refractivity contribution in [2.45, 2.75) is 46.0 Å². The summed E-state index contributed by atoms with van der Waals surface area (Å²) in [7, 11) is 0. The number of aromatic nitrogens is 2. The summed E-state index contributed by atoms with van der Waals surface area (Å²) in [6, 6.07) is 0. The van der Waals surface area contributed by atoms with E-state index < -0.39 is 0 Å². The van der Waals surface area contributed by atoms with Crippen LogP contribution in [-0.4, -0.2) is 15.9 Å². The SMILES string of the molecule is CCCCc1noc(C(C)C(C)=O)n1. The molecule has 0 fully saturated rings. The predicted octanol–water partition coefficient (Wildman–Crippen LogP) is 2.10. The van der Waals surface area contributed by atoms with Crippen LogP contribution in [0, 0.1) is 0 Å². The zero-order valence-electron chi connectivity index (χ0n) is 8.91. The lowest BCUT2D eigenvalue weighted by Crippen LogP contribution is -2.04. The minimum absolute atomic E-state index is 0.0516. The number of rotatable bonds is 5. The topological polar surface area (TPSA) is 56.0 Å². The molecule has 1 aromatic heterocycles. The first-order valence-corrected chi connectivity index (χ1v) is 4.98. The van der Waals surface area contributed by atoms with Crippen molar-refractivity contribution in [1.82, 2.24) is 10.1 Å². The molecule has 0 aromatic carbocycles. The van der Waals surface area contributed by atoms with Crippen molar-refractivity contribution < 1.29 is 9.32 Å². The van der Waals surface area contributed by atoms with Crippen LogP contribution >= 0.6 is 0 Å². The van der Waals surface area contributed by atoms with E-state index in [1.165, 1.54) is 6.92 Å². The van der Waals surface area contributed by atoms with E-state index in [9.17, 15) is 4.79 Å². The summed E-state index contributed by atoms with van der Waals surface area (Å²) in [5, 5.41) is 3.82. The molecule has 0 N–H and O–H groups in total. The van der Waals surface area contributed by atoms with Crippen LogP contribution in [0.2, 0.25) is 0 Å². The highest BCUT2D eigenvalue weighted by molar-refractivity contribution is 5.81. The lowest BCUT2D eigenvalue weighted by Gasteiger charge is -1.97. The summed E-state index contributed by atoms with van der Waals surface area (Å²) < 4.78 is 5.00. The minimum atomic E-state index is -0.280. The number of ketones is 1. The zero-order valence-corrected chi connectivity index (χ0v) is 8.91. The molecule has 14 heavy (non-hydrogen) atoms. The molecular weight excluding hydrogens is 180 g/mol. The van der Waals surface area contributed by atoms with E-state index in [0.29, 0.717) is 11.7 Å². The van der Waals surface area contributed by atoms with Gasteiger partial charge in [-0.3, -0.25) is 4.79 Å². The Labute approximate surface area is 83.7 Å². The summed E-state index contributed by atoms with van der Waals surface area (Å²) in [4.78, 5) is 15.2. The van der Waals surface area contributed by atoms with Crippen molar-refractivity contribution >= 4 is 5.78 Å². The van der Waals surface area contributed by atoms with Crippen molar-refractivity contribution in [3.8, 4) is 0 Å². The van der Waals surface area contributed by atoms with Gasteiger partial charge in [0.2, 0.25) is 5.89 Å². The Balaban J connectivity index is 2.63. The van der Waals surface area contributed by atoms with Gasteiger partial charge in [0, 0.05) is 6.42 Å². The molecular formula is C10H16N2O2. The number of aryl methyl sites for hydroxylation is 1. The Hall–Kier alpha value is -1.19. The van der Waals surface area contributed by atoms with Crippen molar-refractivity contribution in [1.29, 1.82) is 0 Å². The summed E-state index contributed by atoms with van der Waals surface area (Å²) >= 11 is 0. The molecule has 0 amide bonds. The summed E-state index contributed by atoms with van der Waals surface area (Å²) in [5.74, 6) is 0.909. The number of carbonyl (C=O) groups is 1. The third kappa shape index (κ3) is 2.65. The standard InChI is InChI=1S/C10H16N2O2/c1-4-5-6-9-11-10(14-12-9)7(2)8(3)13/h7H,4-6H2,1-3H3. The lowest BCUT2D eigenvalue weighted by atomic mass is 10.1. The van der Waals surface area contributed by atoms with E-state index in [-0.39, 0.29) is 11.7 Å². The molecule has 0 aliphatic carbocycles. The average Bonchev–Trinajstić information content (AvgIpc) is 2.61. The molecule has 1 rings (SSSR count). The van der Waals surface area contributed by atoms with Crippen LogP contribution in [0.15, 0.2) is 4.52 Å². The smallest absolute Gasteiger partial charge is 0.236 e. The van der Waals surface area contributed by atoms with Crippen LogP contribution in [0.5, 0.6) is 0 Å². The van der Waals surface area contributed by atoms with E-state index in [1.807, 2.05) is 0 Å². The highest BCUT2D eigenvalue weighted by atomic mass is 16.5. The fourth-order valence-corrected chi connectivity index (χ4v) is 1.05. The lowest BCUT2D eigenvalue weighted by molar-refractivity contribution is -0.118. The molecule has 0 aliphatic heterocycles. The van der Waals surface area contributed by atoms with Crippen LogP contribution in [-0.2, 0) is 11.2 Å². The third-order valence-electron chi connectivity index (χ3n) is 2.22. The number of nitrogens with zero attached hydrogens (tertiary/aromatic N) is 2. The Morgan fingerprint density at radius 1 is 1.57 bits per heavy atom. The molecule has 4 nitrogen and oxygen atoms in total. The van der Waals surface area contributed by atoms with Gasteiger partial charge in [-0.15, -0.1) is 0 Å². The van der Waals surface area contributed by atoms with Crippen LogP contribution in [0.4, 0.5) is 0 Å². The number of Topliss-reactive ketones (excluding diaryl/α,β-unsaturated/α-hetero) is 1. The van der Waals surface area contributed by atoms with Crippen molar-refractivity contribution in [3.05, 3.63) is 11.7 Å². The fraction of sp³-hybridized carbons (Fsp3) is 0.700. The van der Waals surface area contributed by atoms with Gasteiger partial charge in [-0.25, -0.2) is 0 Å². The zero-order chi connectivity index (χ0) is 10.6. The minimum Gasteiger partial charge on any atom is -0.339 e. The predicted molar refractivity (Wildman–Crippen MR) is 52.0 cm³/mol. The van der Waals surface area contributed by atoms with Gasteiger partial charge in [0.25, 0.3) is 0 Å². The van der Waals surface area contributed by atoms with Gasteiger partial charge < -0.3 is 4.52 Å². The second-order valence-electron chi connectivity index (χ2n) is 3.48. The van der Waals surface area contributed by atoms with Gasteiger partial charge in [-0.2, -0.15) is 4.98 Å². The Kier molecular flexibility index (Phi) is 3.80. The monoisotopic (exact) mass is 196 g/mol. The quantitative estimate of drug-likeness (QED) is 0.723. The molecule has 1 atom stereocenters. The highest BCUT2D eigenvalue weighted by Crippen LogP contribution is 2.14. The van der Waals surface area contributed by atoms with Crippen LogP contribution < -0.4 is 0 Å². The van der Waals surface area contributed by atoms with E-state index >= 15 is 0 Å². The highest BCUT2D eigenvalue weighted by Gasteiger charge is 2.17. The summed E-state index contributed by atoms with van der Waals surface area (Å²) in [6.07, 6.45) is 2.98. The number of unbranched alkanes of at least 4 members (excludes halogenated alkanes) is 1. The Bertz CT molecular complexity index is 307. The number of carbonyl (C=O) groups excluding carboxylic acids is 1. The van der Waals surface area contributed by atoms with E-state index in [2.05, 4.69) is 17.1 Å². The second kappa shape index (κ2) is 4.88. The van der Waals surface area contributed by atoms with E-state index in [4.69, 9.17) is 4.52 Å². The average molecular weight is 196 g/mol. The van der Waals surface area contributed by atoms with Crippen molar-refractivity contribution in [2.24, 2.45) is 0 Å². The van der Waals surface area contributed by atoms with Gasteiger partial charge in [-0.05, 0) is 20.3 Å². The van der Waals surface area contributed by atoms with Gasteiger partial charge in [0.05, 0.1) is 5.92 Å².